The fourth-order valence-electron chi connectivity index (χ4n) is 2.92. The number of para-hydroxylation sites is 2. The van der Waals surface area contributed by atoms with Crippen LogP contribution in [0.2, 0.25) is 0 Å². The van der Waals surface area contributed by atoms with Crippen molar-refractivity contribution in [3.05, 3.63) is 24.3 Å². The van der Waals surface area contributed by atoms with Crippen LogP contribution in [-0.4, -0.2) is 47.8 Å². The number of benzene rings is 1. The van der Waals surface area contributed by atoms with Gasteiger partial charge in [-0.25, -0.2) is 14.8 Å². The summed E-state index contributed by atoms with van der Waals surface area (Å²) in [5.74, 6) is 1.56. The molecule has 1 aromatic carbocycles. The molecule has 1 aliphatic rings. The number of amides is 1. The second kappa shape index (κ2) is 6.74. The number of nitrogens with zero attached hydrogens (tertiary/aromatic N) is 3. The van der Waals surface area contributed by atoms with Crippen LogP contribution in [0.3, 0.4) is 0 Å². The molecule has 1 aliphatic heterocycles. The number of alkyl carbamates (subject to hydrolysis) is 1. The van der Waals surface area contributed by atoms with Gasteiger partial charge in [-0.3, -0.25) is 0 Å². The first kappa shape index (κ1) is 17.3. The van der Waals surface area contributed by atoms with Crippen LogP contribution >= 0.6 is 0 Å². The SMILES string of the molecule is CNc1nc2ccccc2nc1N1CC[C@H](NC(=O)OC(C)(C)C)C1. The van der Waals surface area contributed by atoms with Crippen molar-refractivity contribution >= 4 is 28.8 Å². The summed E-state index contributed by atoms with van der Waals surface area (Å²) < 4.78 is 5.33. The molecule has 2 heterocycles. The molecule has 0 spiro atoms. The quantitative estimate of drug-likeness (QED) is 0.892. The normalized spacial score (nSPS) is 17.6. The zero-order valence-corrected chi connectivity index (χ0v) is 15.2. The highest BCUT2D eigenvalue weighted by atomic mass is 16.6. The summed E-state index contributed by atoms with van der Waals surface area (Å²) in [7, 11) is 1.84. The number of aromatic nitrogens is 2. The predicted molar refractivity (Wildman–Crippen MR) is 99.1 cm³/mol. The van der Waals surface area contributed by atoms with Gasteiger partial charge < -0.3 is 20.3 Å². The van der Waals surface area contributed by atoms with Gasteiger partial charge in [-0.2, -0.15) is 0 Å². The molecule has 1 saturated heterocycles. The number of hydrogen-bond acceptors (Lipinski definition) is 6. The van der Waals surface area contributed by atoms with Gasteiger partial charge in [-0.1, -0.05) is 12.1 Å². The molecule has 0 saturated carbocycles. The third-order valence-electron chi connectivity index (χ3n) is 4.00. The maximum Gasteiger partial charge on any atom is 0.407 e. The lowest BCUT2D eigenvalue weighted by molar-refractivity contribution is 0.0509. The van der Waals surface area contributed by atoms with E-state index in [1.807, 2.05) is 52.1 Å². The Labute approximate surface area is 147 Å². The number of nitrogens with one attached hydrogen (secondary N) is 2. The van der Waals surface area contributed by atoms with Crippen molar-refractivity contribution in [2.75, 3.05) is 30.4 Å². The summed E-state index contributed by atoms with van der Waals surface area (Å²) in [6.07, 6.45) is 0.467. The summed E-state index contributed by atoms with van der Waals surface area (Å²) in [4.78, 5) is 23.5. The minimum Gasteiger partial charge on any atom is -0.444 e. The van der Waals surface area contributed by atoms with Crippen molar-refractivity contribution in [3.8, 4) is 0 Å². The Kier molecular flexibility index (Phi) is 4.65. The average Bonchev–Trinajstić information content (AvgIpc) is 2.99. The molecule has 2 N–H and O–H groups in total. The number of anilines is 2. The Morgan fingerprint density at radius 2 is 1.92 bits per heavy atom. The van der Waals surface area contributed by atoms with E-state index in [-0.39, 0.29) is 12.1 Å². The van der Waals surface area contributed by atoms with E-state index >= 15 is 0 Å². The summed E-state index contributed by atoms with van der Waals surface area (Å²) in [5.41, 5.74) is 1.23. The van der Waals surface area contributed by atoms with Crippen molar-refractivity contribution in [2.24, 2.45) is 0 Å². The van der Waals surface area contributed by atoms with Crippen LogP contribution in [0, 0.1) is 0 Å². The van der Waals surface area contributed by atoms with Crippen molar-refractivity contribution in [2.45, 2.75) is 38.8 Å². The maximum atomic E-state index is 12.0. The molecule has 134 valence electrons. The molecule has 1 aromatic heterocycles. The third kappa shape index (κ3) is 4.10. The van der Waals surface area contributed by atoms with Crippen LogP contribution in [0.1, 0.15) is 27.2 Å². The summed E-state index contributed by atoms with van der Waals surface area (Å²) in [6.45, 7) is 7.06. The number of rotatable bonds is 3. The smallest absolute Gasteiger partial charge is 0.407 e. The van der Waals surface area contributed by atoms with E-state index in [2.05, 4.69) is 20.5 Å². The van der Waals surface area contributed by atoms with Gasteiger partial charge in [0.25, 0.3) is 0 Å². The second-order valence-electron chi connectivity index (χ2n) is 7.21. The van der Waals surface area contributed by atoms with Crippen LogP contribution in [0.5, 0.6) is 0 Å². The lowest BCUT2D eigenvalue weighted by atomic mass is 10.2. The van der Waals surface area contributed by atoms with Crippen molar-refractivity contribution in [1.29, 1.82) is 0 Å². The van der Waals surface area contributed by atoms with E-state index in [9.17, 15) is 4.79 Å². The molecule has 0 radical (unpaired) electrons. The number of carbonyl (C=O) groups is 1. The summed E-state index contributed by atoms with van der Waals surface area (Å²) in [5, 5.41) is 6.06. The molecule has 3 rings (SSSR count). The molecule has 25 heavy (non-hydrogen) atoms. The van der Waals surface area contributed by atoms with E-state index < -0.39 is 5.60 Å². The molecule has 0 unspecified atom stereocenters. The Morgan fingerprint density at radius 3 is 2.56 bits per heavy atom. The fraction of sp³-hybridized carbons (Fsp3) is 0.500. The fourth-order valence-corrected chi connectivity index (χ4v) is 2.92. The number of hydrogen-bond donors (Lipinski definition) is 2. The zero-order valence-electron chi connectivity index (χ0n) is 15.2. The van der Waals surface area contributed by atoms with Gasteiger partial charge in [0, 0.05) is 20.1 Å². The van der Waals surface area contributed by atoms with E-state index in [4.69, 9.17) is 9.72 Å². The lowest BCUT2D eigenvalue weighted by Crippen LogP contribution is -2.40. The van der Waals surface area contributed by atoms with Crippen LogP contribution in [0.25, 0.3) is 11.0 Å². The molecule has 1 fully saturated rings. The monoisotopic (exact) mass is 343 g/mol. The molecule has 2 aromatic rings. The van der Waals surface area contributed by atoms with Crippen LogP contribution in [-0.2, 0) is 4.74 Å². The number of ether oxygens (including phenoxy) is 1. The van der Waals surface area contributed by atoms with Gasteiger partial charge in [-0.15, -0.1) is 0 Å². The largest absolute Gasteiger partial charge is 0.444 e. The molecule has 7 nitrogen and oxygen atoms in total. The highest BCUT2D eigenvalue weighted by Crippen LogP contribution is 2.27. The summed E-state index contributed by atoms with van der Waals surface area (Å²) >= 11 is 0. The highest BCUT2D eigenvalue weighted by molar-refractivity contribution is 5.80. The van der Waals surface area contributed by atoms with Crippen molar-refractivity contribution in [3.63, 3.8) is 0 Å². The Hall–Kier alpha value is -2.57. The van der Waals surface area contributed by atoms with E-state index in [1.54, 1.807) is 0 Å². The molecule has 1 amide bonds. The first-order valence-corrected chi connectivity index (χ1v) is 8.55. The first-order chi connectivity index (χ1) is 11.9. The molecule has 1 atom stereocenters. The lowest BCUT2D eigenvalue weighted by Gasteiger charge is -2.23. The van der Waals surface area contributed by atoms with Gasteiger partial charge in [0.15, 0.2) is 11.6 Å². The Morgan fingerprint density at radius 1 is 1.24 bits per heavy atom. The number of carbonyl (C=O) groups excluding carboxylic acids is 1. The van der Waals surface area contributed by atoms with E-state index in [0.29, 0.717) is 6.54 Å². The minimum absolute atomic E-state index is 0.0350. The molecule has 0 aliphatic carbocycles. The summed E-state index contributed by atoms with van der Waals surface area (Å²) in [6, 6.07) is 7.85. The van der Waals surface area contributed by atoms with E-state index in [1.165, 1.54) is 0 Å². The Balaban J connectivity index is 1.73. The van der Waals surface area contributed by atoms with Crippen LogP contribution in [0.4, 0.5) is 16.4 Å². The molecule has 0 bridgehead atoms. The molecular weight excluding hydrogens is 318 g/mol. The van der Waals surface area contributed by atoms with Crippen LogP contribution < -0.4 is 15.5 Å². The van der Waals surface area contributed by atoms with Gasteiger partial charge in [0.05, 0.1) is 17.1 Å². The van der Waals surface area contributed by atoms with Crippen LogP contribution in [0.15, 0.2) is 24.3 Å². The highest BCUT2D eigenvalue weighted by Gasteiger charge is 2.28. The van der Waals surface area contributed by atoms with Crippen molar-refractivity contribution < 1.29 is 9.53 Å². The maximum absolute atomic E-state index is 12.0. The molecular formula is C18H25N5O2. The average molecular weight is 343 g/mol. The van der Waals surface area contributed by atoms with Gasteiger partial charge in [0.2, 0.25) is 0 Å². The molecule has 7 heteroatoms. The van der Waals surface area contributed by atoms with Gasteiger partial charge in [0.1, 0.15) is 5.60 Å². The first-order valence-electron chi connectivity index (χ1n) is 8.55. The van der Waals surface area contributed by atoms with Crippen molar-refractivity contribution in [1.82, 2.24) is 15.3 Å². The Bertz CT molecular complexity index is 772. The van der Waals surface area contributed by atoms with E-state index in [0.717, 1.165) is 35.6 Å². The zero-order chi connectivity index (χ0) is 18.0. The van der Waals surface area contributed by atoms with Gasteiger partial charge >= 0.3 is 6.09 Å². The third-order valence-corrected chi connectivity index (χ3v) is 4.00. The minimum atomic E-state index is -0.495. The number of fused-ring (bicyclic) bond motifs is 1. The topological polar surface area (TPSA) is 79.4 Å². The standard InChI is InChI=1S/C18H25N5O2/c1-18(2,3)25-17(24)20-12-9-10-23(11-12)16-15(19-4)21-13-7-5-6-8-14(13)22-16/h5-8,12H,9-11H2,1-4H3,(H,19,21)(H,20,24)/t12-/m0/s1. The van der Waals surface area contributed by atoms with Gasteiger partial charge in [-0.05, 0) is 39.3 Å². The second-order valence-corrected chi connectivity index (χ2v) is 7.21. The predicted octanol–water partition coefficient (Wildman–Crippen LogP) is 2.77.